The summed E-state index contributed by atoms with van der Waals surface area (Å²) in [6, 6.07) is 4.60. The Morgan fingerprint density at radius 3 is 2.88 bits per heavy atom. The lowest BCUT2D eigenvalue weighted by Gasteiger charge is -2.16. The van der Waals surface area contributed by atoms with Gasteiger partial charge in [-0.25, -0.2) is 4.39 Å². The van der Waals surface area contributed by atoms with Gasteiger partial charge in [-0.3, -0.25) is 4.79 Å². The molecule has 1 fully saturated rings. The van der Waals surface area contributed by atoms with Gasteiger partial charge in [0, 0.05) is 23.5 Å². The second-order valence-electron chi connectivity index (χ2n) is 6.39. The van der Waals surface area contributed by atoms with Gasteiger partial charge in [0.15, 0.2) is 5.16 Å². The molecule has 0 aliphatic heterocycles. The number of rotatable bonds is 7. The summed E-state index contributed by atoms with van der Waals surface area (Å²) in [5.41, 5.74) is 0.309. The maximum Gasteiger partial charge on any atom is 0.252 e. The van der Waals surface area contributed by atoms with E-state index in [2.05, 4.69) is 36.0 Å². The fourth-order valence-corrected chi connectivity index (χ4v) is 4.36. The number of halogens is 2. The van der Waals surface area contributed by atoms with E-state index in [1.54, 1.807) is 11.8 Å². The van der Waals surface area contributed by atoms with Crippen LogP contribution in [0.2, 0.25) is 0 Å². The van der Waals surface area contributed by atoms with Gasteiger partial charge >= 0.3 is 0 Å². The smallest absolute Gasteiger partial charge is 0.252 e. The summed E-state index contributed by atoms with van der Waals surface area (Å²) in [5, 5.41) is 12.5. The fourth-order valence-electron chi connectivity index (χ4n) is 3.36. The Morgan fingerprint density at radius 1 is 1.38 bits per heavy atom. The first-order chi connectivity index (χ1) is 12.6. The molecule has 1 amide bonds. The number of carbonyl (C=O) groups excluding carboxylic acids is 1. The summed E-state index contributed by atoms with van der Waals surface area (Å²) in [6.07, 6.45) is 8.43. The molecule has 0 saturated heterocycles. The highest BCUT2D eigenvalue weighted by Crippen LogP contribution is 2.33. The molecule has 1 aliphatic rings. The van der Waals surface area contributed by atoms with Gasteiger partial charge in [-0.1, -0.05) is 24.6 Å². The van der Waals surface area contributed by atoms with Crippen LogP contribution in [0.15, 0.2) is 27.8 Å². The van der Waals surface area contributed by atoms with Gasteiger partial charge < -0.3 is 9.88 Å². The molecule has 1 heterocycles. The van der Waals surface area contributed by atoms with Gasteiger partial charge in [-0.15, -0.1) is 10.2 Å². The van der Waals surface area contributed by atoms with Crippen LogP contribution in [0.3, 0.4) is 0 Å². The van der Waals surface area contributed by atoms with Crippen LogP contribution in [0, 0.1) is 5.82 Å². The quantitative estimate of drug-likeness (QED) is 0.512. The largest absolute Gasteiger partial charge is 0.352 e. The SMILES string of the molecule is CSc1nnc(CCCNC(=O)c2cc(F)ccc2Br)n1C1CCCC1. The summed E-state index contributed by atoms with van der Waals surface area (Å²) in [7, 11) is 0. The average molecular weight is 441 g/mol. The second-order valence-corrected chi connectivity index (χ2v) is 8.02. The van der Waals surface area contributed by atoms with Crippen LogP contribution in [0.1, 0.15) is 54.3 Å². The third-order valence-corrected chi connectivity index (χ3v) is 5.98. The maximum absolute atomic E-state index is 13.3. The van der Waals surface area contributed by atoms with E-state index >= 15 is 0 Å². The van der Waals surface area contributed by atoms with Gasteiger partial charge in [0.05, 0.1) is 5.56 Å². The van der Waals surface area contributed by atoms with Crippen LogP contribution in [0.4, 0.5) is 4.39 Å². The zero-order chi connectivity index (χ0) is 18.5. The summed E-state index contributed by atoms with van der Waals surface area (Å²) in [6.45, 7) is 0.508. The summed E-state index contributed by atoms with van der Waals surface area (Å²) in [4.78, 5) is 12.2. The molecular weight excluding hydrogens is 419 g/mol. The minimum atomic E-state index is -0.424. The van der Waals surface area contributed by atoms with Crippen molar-refractivity contribution in [3.63, 3.8) is 0 Å². The lowest BCUT2D eigenvalue weighted by molar-refractivity contribution is 0.0952. The van der Waals surface area contributed by atoms with E-state index < -0.39 is 5.82 Å². The van der Waals surface area contributed by atoms with E-state index in [9.17, 15) is 9.18 Å². The maximum atomic E-state index is 13.3. The van der Waals surface area contributed by atoms with E-state index in [0.29, 0.717) is 22.6 Å². The number of carbonyl (C=O) groups is 1. The Balaban J connectivity index is 1.56. The predicted molar refractivity (Wildman–Crippen MR) is 104 cm³/mol. The Hall–Kier alpha value is -1.41. The fraction of sp³-hybridized carbons (Fsp3) is 0.500. The van der Waals surface area contributed by atoms with Crippen molar-refractivity contribution in [3.8, 4) is 0 Å². The van der Waals surface area contributed by atoms with E-state index in [1.807, 2.05) is 6.26 Å². The molecule has 0 radical (unpaired) electrons. The van der Waals surface area contributed by atoms with Gasteiger partial charge in [-0.2, -0.15) is 0 Å². The van der Waals surface area contributed by atoms with Crippen molar-refractivity contribution in [2.24, 2.45) is 0 Å². The zero-order valence-corrected chi connectivity index (χ0v) is 17.1. The van der Waals surface area contributed by atoms with Crippen molar-refractivity contribution in [3.05, 3.63) is 39.9 Å². The highest BCUT2D eigenvalue weighted by atomic mass is 79.9. The molecule has 0 unspecified atom stereocenters. The summed E-state index contributed by atoms with van der Waals surface area (Å²) < 4.78 is 16.2. The molecule has 8 heteroatoms. The molecular formula is C18H22BrFN4OS. The van der Waals surface area contributed by atoms with Crippen LogP contribution in [0.25, 0.3) is 0 Å². The topological polar surface area (TPSA) is 59.8 Å². The number of nitrogens with one attached hydrogen (secondary N) is 1. The third kappa shape index (κ3) is 4.46. The monoisotopic (exact) mass is 440 g/mol. The molecule has 1 aliphatic carbocycles. The number of nitrogens with zero attached hydrogens (tertiary/aromatic N) is 3. The molecule has 0 spiro atoms. The highest BCUT2D eigenvalue weighted by molar-refractivity contribution is 9.10. The average Bonchev–Trinajstić information content (AvgIpc) is 3.29. The van der Waals surface area contributed by atoms with E-state index in [1.165, 1.54) is 43.9 Å². The molecule has 1 aromatic heterocycles. The summed E-state index contributed by atoms with van der Waals surface area (Å²) >= 11 is 4.91. The van der Waals surface area contributed by atoms with Crippen LogP contribution >= 0.6 is 27.7 Å². The standard InChI is InChI=1S/C18H22BrFN4OS/c1-26-18-23-22-16(24(18)13-5-2-3-6-13)7-4-10-21-17(25)14-11-12(20)8-9-15(14)19/h8-9,11,13H,2-7,10H2,1H3,(H,21,25). The zero-order valence-electron chi connectivity index (χ0n) is 14.7. The van der Waals surface area contributed by atoms with Crippen molar-refractivity contribution >= 4 is 33.6 Å². The van der Waals surface area contributed by atoms with Crippen LogP contribution < -0.4 is 5.32 Å². The van der Waals surface area contributed by atoms with Gasteiger partial charge in [0.25, 0.3) is 5.91 Å². The number of aromatic nitrogens is 3. The number of amides is 1. The van der Waals surface area contributed by atoms with Crippen molar-refractivity contribution in [1.82, 2.24) is 20.1 Å². The molecule has 0 atom stereocenters. The third-order valence-electron chi connectivity index (χ3n) is 4.64. The second kappa shape index (κ2) is 8.99. The normalized spacial score (nSPS) is 14.7. The molecule has 140 valence electrons. The first-order valence-corrected chi connectivity index (χ1v) is 10.8. The number of hydrogen-bond donors (Lipinski definition) is 1. The number of thioether (sulfide) groups is 1. The number of hydrogen-bond acceptors (Lipinski definition) is 4. The van der Waals surface area contributed by atoms with E-state index in [-0.39, 0.29) is 5.91 Å². The first-order valence-electron chi connectivity index (χ1n) is 8.81. The lowest BCUT2D eigenvalue weighted by atomic mass is 10.2. The van der Waals surface area contributed by atoms with Crippen molar-refractivity contribution < 1.29 is 9.18 Å². The molecule has 1 N–H and O–H groups in total. The van der Waals surface area contributed by atoms with Gasteiger partial charge in [0.1, 0.15) is 11.6 Å². The summed E-state index contributed by atoms with van der Waals surface area (Å²) in [5.74, 6) is 0.286. The molecule has 5 nitrogen and oxygen atoms in total. The van der Waals surface area contributed by atoms with Gasteiger partial charge in [-0.05, 0) is 59.6 Å². The molecule has 1 saturated carbocycles. The molecule has 1 aromatic carbocycles. The van der Waals surface area contributed by atoms with Crippen molar-refractivity contribution in [2.45, 2.75) is 49.7 Å². The van der Waals surface area contributed by atoms with Crippen LogP contribution in [0.5, 0.6) is 0 Å². The molecule has 0 bridgehead atoms. The highest BCUT2D eigenvalue weighted by Gasteiger charge is 2.23. The Labute approximate surface area is 165 Å². The van der Waals surface area contributed by atoms with Gasteiger partial charge in [0.2, 0.25) is 0 Å². The van der Waals surface area contributed by atoms with Crippen LogP contribution in [-0.2, 0) is 6.42 Å². The Kier molecular flexibility index (Phi) is 6.69. The van der Waals surface area contributed by atoms with E-state index in [4.69, 9.17) is 0 Å². The first kappa shape index (κ1) is 19.4. The minimum Gasteiger partial charge on any atom is -0.352 e. The minimum absolute atomic E-state index is 0.279. The van der Waals surface area contributed by atoms with Crippen LogP contribution in [-0.4, -0.2) is 33.5 Å². The van der Waals surface area contributed by atoms with E-state index in [0.717, 1.165) is 23.8 Å². The number of benzene rings is 1. The molecule has 3 rings (SSSR count). The Morgan fingerprint density at radius 2 is 2.15 bits per heavy atom. The predicted octanol–water partition coefficient (Wildman–Crippen LogP) is 4.38. The number of aryl methyl sites for hydroxylation is 1. The molecule has 2 aromatic rings. The lowest BCUT2D eigenvalue weighted by Crippen LogP contribution is -2.25. The Bertz CT molecular complexity index is 777. The van der Waals surface area contributed by atoms with Crippen molar-refractivity contribution in [2.75, 3.05) is 12.8 Å². The van der Waals surface area contributed by atoms with Crippen molar-refractivity contribution in [1.29, 1.82) is 0 Å². The molecule has 26 heavy (non-hydrogen) atoms.